The van der Waals surface area contributed by atoms with Gasteiger partial charge in [-0.2, -0.15) is 0 Å². The maximum atomic E-state index is 2.51. The summed E-state index contributed by atoms with van der Waals surface area (Å²) in [5.41, 5.74) is 21.4. The van der Waals surface area contributed by atoms with Crippen LogP contribution in [0.5, 0.6) is 0 Å². The Labute approximate surface area is 377 Å². The van der Waals surface area contributed by atoms with Crippen LogP contribution in [0, 0.1) is 0 Å². The zero-order valence-electron chi connectivity index (χ0n) is 35.6. The van der Waals surface area contributed by atoms with Crippen molar-refractivity contribution in [3.05, 3.63) is 246 Å². The van der Waals surface area contributed by atoms with Gasteiger partial charge in [-0.1, -0.05) is 178 Å². The van der Waals surface area contributed by atoms with Crippen LogP contribution >= 0.6 is 11.3 Å². The molecule has 1 nitrogen and oxygen atoms in total. The molecule has 0 aliphatic heterocycles. The average molecular weight is 832 g/mol. The third kappa shape index (κ3) is 4.68. The molecule has 64 heavy (non-hydrogen) atoms. The minimum absolute atomic E-state index is 0.135. The van der Waals surface area contributed by atoms with Crippen LogP contribution < -0.4 is 4.90 Å². The van der Waals surface area contributed by atoms with E-state index in [9.17, 15) is 0 Å². The second-order valence-corrected chi connectivity index (χ2v) is 19.4. The number of fused-ring (bicyclic) bond motifs is 18. The molecule has 2 heteroatoms. The lowest BCUT2D eigenvalue weighted by Crippen LogP contribution is -2.26. The topological polar surface area (TPSA) is 3.24 Å². The number of hydrogen-bond acceptors (Lipinski definition) is 2. The average Bonchev–Trinajstić information content (AvgIpc) is 4.04. The molecule has 1 aromatic heterocycles. The van der Waals surface area contributed by atoms with E-state index in [4.69, 9.17) is 0 Å². The van der Waals surface area contributed by atoms with E-state index in [0.29, 0.717) is 0 Å². The zero-order valence-corrected chi connectivity index (χ0v) is 36.4. The summed E-state index contributed by atoms with van der Waals surface area (Å²) in [4.78, 5) is 2.50. The molecule has 14 rings (SSSR count). The molecule has 11 aromatic rings. The second kappa shape index (κ2) is 13.0. The molecular weight excluding hydrogens is 791 g/mol. The quantitative estimate of drug-likeness (QED) is 0.171. The molecule has 10 aromatic carbocycles. The highest BCUT2D eigenvalue weighted by atomic mass is 32.1. The van der Waals surface area contributed by atoms with Crippen LogP contribution in [0.25, 0.3) is 75.5 Å². The molecule has 0 radical (unpaired) electrons. The first-order valence-corrected chi connectivity index (χ1v) is 23.2. The molecule has 0 N–H and O–H groups in total. The van der Waals surface area contributed by atoms with Gasteiger partial charge in [0.25, 0.3) is 0 Å². The van der Waals surface area contributed by atoms with Crippen molar-refractivity contribution < 1.29 is 0 Å². The summed E-state index contributed by atoms with van der Waals surface area (Å²) in [6.45, 7) is 4.76. The van der Waals surface area contributed by atoms with Gasteiger partial charge in [0.1, 0.15) is 0 Å². The minimum Gasteiger partial charge on any atom is -0.310 e. The van der Waals surface area contributed by atoms with Crippen molar-refractivity contribution in [2.45, 2.75) is 24.7 Å². The molecule has 0 fully saturated rings. The van der Waals surface area contributed by atoms with Crippen LogP contribution in [0.15, 0.2) is 212 Å². The number of hydrogen-bond donors (Lipinski definition) is 0. The lowest BCUT2D eigenvalue weighted by atomic mass is 9.70. The van der Waals surface area contributed by atoms with E-state index in [0.717, 1.165) is 17.1 Å². The van der Waals surface area contributed by atoms with Gasteiger partial charge in [0, 0.05) is 42.6 Å². The maximum absolute atomic E-state index is 2.51. The fraction of sp³-hybridized carbons (Fsp3) is 0.0645. The van der Waals surface area contributed by atoms with Crippen LogP contribution in [-0.4, -0.2) is 0 Å². The van der Waals surface area contributed by atoms with E-state index in [1.165, 1.54) is 109 Å². The van der Waals surface area contributed by atoms with Gasteiger partial charge in [0.05, 0.1) is 5.41 Å². The number of benzene rings is 10. The first kappa shape index (κ1) is 36.0. The Kier molecular flexibility index (Phi) is 7.32. The number of nitrogens with zero attached hydrogens (tertiary/aromatic N) is 1. The van der Waals surface area contributed by atoms with Crippen molar-refractivity contribution in [2.24, 2.45) is 0 Å². The monoisotopic (exact) mass is 831 g/mol. The van der Waals surface area contributed by atoms with Gasteiger partial charge in [-0.05, 0) is 137 Å². The summed E-state index contributed by atoms with van der Waals surface area (Å²) in [6, 6.07) is 80.2. The first-order valence-electron chi connectivity index (χ1n) is 22.4. The van der Waals surface area contributed by atoms with Crippen molar-refractivity contribution in [2.75, 3.05) is 4.90 Å². The molecule has 0 atom stereocenters. The van der Waals surface area contributed by atoms with Crippen LogP contribution in [0.1, 0.15) is 47.2 Å². The molecule has 0 saturated carbocycles. The molecule has 0 amide bonds. The second-order valence-electron chi connectivity index (χ2n) is 18.3. The predicted octanol–water partition coefficient (Wildman–Crippen LogP) is 17.0. The van der Waals surface area contributed by atoms with Gasteiger partial charge in [-0.3, -0.25) is 0 Å². The summed E-state index contributed by atoms with van der Waals surface area (Å²) in [5, 5.41) is 5.27. The van der Waals surface area contributed by atoms with Crippen molar-refractivity contribution in [3.63, 3.8) is 0 Å². The van der Waals surface area contributed by atoms with E-state index < -0.39 is 5.41 Å². The molecule has 0 unspecified atom stereocenters. The van der Waals surface area contributed by atoms with Crippen LogP contribution in [-0.2, 0) is 10.8 Å². The highest BCUT2D eigenvalue weighted by Crippen LogP contribution is 2.63. The maximum Gasteiger partial charge on any atom is 0.0726 e. The van der Waals surface area contributed by atoms with Crippen molar-refractivity contribution >= 4 is 59.3 Å². The highest BCUT2D eigenvalue weighted by Gasteiger charge is 2.51. The fourth-order valence-electron chi connectivity index (χ4n) is 12.1. The van der Waals surface area contributed by atoms with E-state index in [1.807, 2.05) is 11.3 Å². The Balaban J connectivity index is 0.989. The lowest BCUT2D eigenvalue weighted by Gasteiger charge is -2.32. The molecule has 3 aliphatic carbocycles. The molecule has 300 valence electrons. The summed E-state index contributed by atoms with van der Waals surface area (Å²) >= 11 is 1.88. The third-order valence-corrected chi connectivity index (χ3v) is 16.0. The predicted molar refractivity (Wildman–Crippen MR) is 271 cm³/mol. The molecule has 1 spiro atoms. The largest absolute Gasteiger partial charge is 0.310 e. The molecular formula is C62H41NS. The van der Waals surface area contributed by atoms with Crippen LogP contribution in [0.4, 0.5) is 17.1 Å². The van der Waals surface area contributed by atoms with E-state index >= 15 is 0 Å². The van der Waals surface area contributed by atoms with Gasteiger partial charge in [0.15, 0.2) is 0 Å². The molecule has 0 saturated heterocycles. The van der Waals surface area contributed by atoms with Gasteiger partial charge in [-0.15, -0.1) is 11.3 Å². The van der Waals surface area contributed by atoms with Gasteiger partial charge in [0.2, 0.25) is 0 Å². The third-order valence-electron chi connectivity index (χ3n) is 14.9. The van der Waals surface area contributed by atoms with Crippen molar-refractivity contribution in [3.8, 4) is 44.5 Å². The van der Waals surface area contributed by atoms with Crippen LogP contribution in [0.2, 0.25) is 0 Å². The Morgan fingerprint density at radius 3 is 1.50 bits per heavy atom. The van der Waals surface area contributed by atoms with E-state index in [1.54, 1.807) is 0 Å². The highest BCUT2D eigenvalue weighted by molar-refractivity contribution is 7.26. The Morgan fingerprint density at radius 2 is 0.844 bits per heavy atom. The summed E-state index contributed by atoms with van der Waals surface area (Å²) in [7, 11) is 0. The SMILES string of the molecule is CC1(C)c2ccccc2-c2ccc(N(c3ccc(-c4cccc5ccc6sc7ccccc7c6c45)cc3)c3ccc4c(c3)C3(c5ccccc5-c5ccccc53)c3ccccc3-4)cc21. The summed E-state index contributed by atoms with van der Waals surface area (Å²) < 4.78 is 2.66. The molecule has 0 bridgehead atoms. The number of rotatable bonds is 4. The smallest absolute Gasteiger partial charge is 0.0726 e. The van der Waals surface area contributed by atoms with Crippen molar-refractivity contribution in [1.29, 1.82) is 0 Å². The molecule has 1 heterocycles. The fourth-order valence-corrected chi connectivity index (χ4v) is 13.2. The Morgan fingerprint density at radius 1 is 0.344 bits per heavy atom. The molecule has 3 aliphatic rings. The normalized spacial score (nSPS) is 14.3. The first-order chi connectivity index (χ1) is 31.5. The summed E-state index contributed by atoms with van der Waals surface area (Å²) in [6.07, 6.45) is 0. The van der Waals surface area contributed by atoms with E-state index in [-0.39, 0.29) is 5.41 Å². The van der Waals surface area contributed by atoms with Gasteiger partial charge < -0.3 is 4.90 Å². The van der Waals surface area contributed by atoms with Crippen LogP contribution in [0.3, 0.4) is 0 Å². The zero-order chi connectivity index (χ0) is 42.3. The Hall–Kier alpha value is -7.52. The van der Waals surface area contributed by atoms with Gasteiger partial charge in [-0.25, -0.2) is 0 Å². The Bertz CT molecular complexity index is 3710. The van der Waals surface area contributed by atoms with Gasteiger partial charge >= 0.3 is 0 Å². The standard InChI is InChI=1S/C62H41NS/c1-61(2)51-21-8-3-15-44(51)48-33-31-41(36-55(48)61)63(40-29-26-38(27-30-40)43-20-13-14-39-28-35-58-60(59(39)43)50-19-7-12-25-57(50)64-58)42-32-34-49-47-18-6-11-24-54(47)62(56(49)37-42)52-22-9-4-16-45(52)46-17-5-10-23-53(46)62/h3-37H,1-2H3. The summed E-state index contributed by atoms with van der Waals surface area (Å²) in [5.74, 6) is 0. The number of anilines is 3. The number of thiophene rings is 1. The van der Waals surface area contributed by atoms with E-state index in [2.05, 4.69) is 231 Å². The lowest BCUT2D eigenvalue weighted by molar-refractivity contribution is 0.660. The minimum atomic E-state index is -0.433. The van der Waals surface area contributed by atoms with Crippen molar-refractivity contribution in [1.82, 2.24) is 0 Å².